The minimum absolute atomic E-state index is 0.442. The maximum Gasteiger partial charge on any atom is 0.136 e. The Balaban J connectivity index is 1.61. The van der Waals surface area contributed by atoms with Gasteiger partial charge in [-0.2, -0.15) is 0 Å². The molecule has 0 spiro atoms. The van der Waals surface area contributed by atoms with Gasteiger partial charge in [-0.25, -0.2) is 0 Å². The molecule has 42 heavy (non-hydrogen) atoms. The van der Waals surface area contributed by atoms with E-state index in [0.29, 0.717) is 0 Å². The van der Waals surface area contributed by atoms with E-state index >= 15 is 0 Å². The Morgan fingerprint density at radius 1 is 0.405 bits per heavy atom. The maximum absolute atomic E-state index is 9.51. The van der Waals surface area contributed by atoms with Crippen LogP contribution in [0.1, 0.15) is 32.9 Å². The molecule has 0 amide bonds. The average Bonchev–Trinajstić information content (AvgIpc) is 3.86. The molecule has 0 radical (unpaired) electrons. The van der Waals surface area contributed by atoms with Crippen LogP contribution in [0.25, 0.3) is 87.8 Å². The van der Waals surface area contributed by atoms with E-state index in [2.05, 4.69) is 0 Å². The summed E-state index contributed by atoms with van der Waals surface area (Å²) in [5, 5.41) is -3.97. The third-order valence-electron chi connectivity index (χ3n) is 6.86. The zero-order valence-corrected chi connectivity index (χ0v) is 20.8. The Bertz CT molecular complexity index is 3670. The summed E-state index contributed by atoms with van der Waals surface area (Å²) in [6.07, 6.45) is -0.842. The Morgan fingerprint density at radius 2 is 0.976 bits per heavy atom. The topological polar surface area (TPSA) is 26.3 Å². The first-order valence-corrected chi connectivity index (χ1v) is 12.3. The van der Waals surface area contributed by atoms with Gasteiger partial charge in [0.25, 0.3) is 0 Å². The largest absolute Gasteiger partial charge is 0.464 e. The van der Waals surface area contributed by atoms with Crippen LogP contribution < -0.4 is 0 Å². The SMILES string of the molecule is [2H]c1oc2c([2H])c3c(oc4c([2H])c([2H])c([2H])c(-c5c6c([2H])c([2H])c([2H])c([2H])c6c(-c6c([2H])c([2H])c([2H])c([2H])c6[2H])c6c([2H])c([2H])c([2H])c([2H])c56)c43)c([2H])c2c1-c1c([2H])c([2H])c([2H])c([2H])c1[2H]. The van der Waals surface area contributed by atoms with E-state index in [1.807, 2.05) is 0 Å². The number of rotatable bonds is 3. The molecule has 0 saturated carbocycles. The van der Waals surface area contributed by atoms with Crippen LogP contribution in [0.5, 0.6) is 0 Å². The van der Waals surface area contributed by atoms with E-state index in [1.54, 1.807) is 0 Å². The molecular weight excluding hydrogens is 512 g/mol. The lowest BCUT2D eigenvalue weighted by molar-refractivity contribution is 0.617. The summed E-state index contributed by atoms with van der Waals surface area (Å²) in [7, 11) is 0. The summed E-state index contributed by atoms with van der Waals surface area (Å²) < 4.78 is 224. The Kier molecular flexibility index (Phi) is 2.08. The molecule has 0 bridgehead atoms. The highest BCUT2D eigenvalue weighted by atomic mass is 16.3. The van der Waals surface area contributed by atoms with Crippen LogP contribution in [-0.4, -0.2) is 0 Å². The van der Waals surface area contributed by atoms with Gasteiger partial charge in [-0.15, -0.1) is 0 Å². The lowest BCUT2D eigenvalue weighted by Crippen LogP contribution is -1.91. The Labute approximate surface area is 275 Å². The third-order valence-corrected chi connectivity index (χ3v) is 6.86. The number of fused-ring (bicyclic) bond motifs is 6. The predicted molar refractivity (Wildman–Crippen MR) is 175 cm³/mol. The minimum Gasteiger partial charge on any atom is -0.464 e. The molecule has 7 aromatic carbocycles. The first-order valence-electron chi connectivity index (χ1n) is 24.3. The van der Waals surface area contributed by atoms with Crippen molar-refractivity contribution in [1.82, 2.24) is 0 Å². The Morgan fingerprint density at radius 3 is 1.64 bits per heavy atom. The molecule has 2 heterocycles. The van der Waals surface area contributed by atoms with Crippen molar-refractivity contribution in [3.63, 3.8) is 0 Å². The standard InChI is InChI=1S/C40H24O2/c1-3-12-25(13-4-1)34-24-41-36-23-33-37(22-32(34)36)42-35-21-11-20-31(40(33)35)39-29-18-9-7-16-27(29)38(26-14-5-2-6-15-26)28-17-8-10-19-30(28)39/h1-24H/i1D,2D,3D,4D,5D,6D,7D,8D,9D,10D,11D,12D,13D,14D,15D,16D,17D,18D,19D,20D,21D,22D,23D,24D. The van der Waals surface area contributed by atoms with Crippen LogP contribution in [0.3, 0.4) is 0 Å². The van der Waals surface area contributed by atoms with Gasteiger partial charge in [-0.3, -0.25) is 0 Å². The summed E-state index contributed by atoms with van der Waals surface area (Å²) in [5.41, 5.74) is -5.44. The summed E-state index contributed by atoms with van der Waals surface area (Å²) in [6, 6.07) is -19.8. The van der Waals surface area contributed by atoms with Crippen LogP contribution >= 0.6 is 0 Å². The zero-order valence-electron chi connectivity index (χ0n) is 44.8. The van der Waals surface area contributed by atoms with Crippen molar-refractivity contribution >= 4 is 54.5 Å². The van der Waals surface area contributed by atoms with Gasteiger partial charge in [0.1, 0.15) is 18.1 Å². The van der Waals surface area contributed by atoms with Crippen LogP contribution in [0, 0.1) is 0 Å². The molecule has 9 aromatic rings. The summed E-state index contributed by atoms with van der Waals surface area (Å²) in [4.78, 5) is 0. The van der Waals surface area contributed by atoms with Gasteiger partial charge in [0, 0.05) is 21.7 Å². The van der Waals surface area contributed by atoms with E-state index in [1.165, 1.54) is 0 Å². The van der Waals surface area contributed by atoms with Crippen molar-refractivity contribution in [3.05, 3.63) is 145 Å². The molecule has 0 fully saturated rings. The first-order chi connectivity index (χ1) is 30.8. The molecule has 0 atom stereocenters. The number of benzene rings is 7. The van der Waals surface area contributed by atoms with Crippen LogP contribution in [0.2, 0.25) is 0 Å². The van der Waals surface area contributed by atoms with Gasteiger partial charge in [-0.1, -0.05) is 121 Å². The van der Waals surface area contributed by atoms with Crippen molar-refractivity contribution in [2.24, 2.45) is 0 Å². The zero-order chi connectivity index (χ0) is 48.5. The van der Waals surface area contributed by atoms with Crippen molar-refractivity contribution in [2.75, 3.05) is 0 Å². The van der Waals surface area contributed by atoms with Gasteiger partial charge in [-0.05, 0) is 67.5 Å². The summed E-state index contributed by atoms with van der Waals surface area (Å²) in [6.45, 7) is 0. The molecule has 2 nitrogen and oxygen atoms in total. The molecule has 0 aliphatic heterocycles. The second kappa shape index (κ2) is 8.95. The molecular formula is C40H24O2. The molecule has 2 aromatic heterocycles. The van der Waals surface area contributed by atoms with Crippen LogP contribution in [-0.2, 0) is 0 Å². The number of hydrogen-bond acceptors (Lipinski definition) is 2. The van der Waals surface area contributed by atoms with Gasteiger partial charge < -0.3 is 8.83 Å². The van der Waals surface area contributed by atoms with Gasteiger partial charge in [0.2, 0.25) is 0 Å². The second-order valence-corrected chi connectivity index (χ2v) is 9.04. The van der Waals surface area contributed by atoms with E-state index in [4.69, 9.17) is 32.1 Å². The normalized spacial score (nSPS) is 19.8. The van der Waals surface area contributed by atoms with Crippen molar-refractivity contribution in [2.45, 2.75) is 0 Å². The van der Waals surface area contributed by atoms with E-state index in [-0.39, 0.29) is 0 Å². The van der Waals surface area contributed by atoms with Crippen molar-refractivity contribution < 1.29 is 41.7 Å². The molecule has 0 aliphatic carbocycles. The summed E-state index contributed by atoms with van der Waals surface area (Å²) >= 11 is 0. The highest BCUT2D eigenvalue weighted by Crippen LogP contribution is 2.47. The smallest absolute Gasteiger partial charge is 0.136 e. The lowest BCUT2D eigenvalue weighted by atomic mass is 9.85. The van der Waals surface area contributed by atoms with E-state index < -0.39 is 233 Å². The molecule has 0 aliphatic rings. The average molecular weight is 561 g/mol. The fourth-order valence-corrected chi connectivity index (χ4v) is 5.17. The van der Waals surface area contributed by atoms with Gasteiger partial charge >= 0.3 is 0 Å². The van der Waals surface area contributed by atoms with Crippen LogP contribution in [0.4, 0.5) is 0 Å². The molecule has 0 N–H and O–H groups in total. The first kappa shape index (κ1) is 9.75. The predicted octanol–water partition coefficient (Wildman–Crippen LogP) is 11.6. The van der Waals surface area contributed by atoms with Gasteiger partial charge in [0.15, 0.2) is 0 Å². The monoisotopic (exact) mass is 560 g/mol. The fraction of sp³-hybridized carbons (Fsp3) is 0. The van der Waals surface area contributed by atoms with Crippen molar-refractivity contribution in [1.29, 1.82) is 0 Å². The third kappa shape index (κ3) is 3.33. The number of hydrogen-bond donors (Lipinski definition) is 0. The maximum atomic E-state index is 9.51. The minimum atomic E-state index is -0.931. The molecule has 9 rings (SSSR count). The van der Waals surface area contributed by atoms with Crippen LogP contribution in [0.15, 0.2) is 154 Å². The van der Waals surface area contributed by atoms with E-state index in [9.17, 15) is 9.60 Å². The molecule has 2 heteroatoms. The highest BCUT2D eigenvalue weighted by Gasteiger charge is 2.21. The quantitative estimate of drug-likeness (QED) is 0.201. The Hall–Kier alpha value is -5.60. The second-order valence-electron chi connectivity index (χ2n) is 9.04. The summed E-state index contributed by atoms with van der Waals surface area (Å²) in [5.74, 6) is 0. The number of furan rings is 2. The van der Waals surface area contributed by atoms with E-state index in [0.717, 1.165) is 0 Å². The van der Waals surface area contributed by atoms with Gasteiger partial charge in [0.05, 0.1) is 37.8 Å². The molecule has 196 valence electrons. The lowest BCUT2D eigenvalue weighted by Gasteiger charge is -2.18. The fourth-order valence-electron chi connectivity index (χ4n) is 5.17. The van der Waals surface area contributed by atoms with Crippen molar-refractivity contribution in [3.8, 4) is 33.4 Å². The highest BCUT2D eigenvalue weighted by molar-refractivity contribution is 6.26. The molecule has 0 saturated heterocycles. The molecule has 0 unspecified atom stereocenters.